The van der Waals surface area contributed by atoms with Crippen LogP contribution in [-0.4, -0.2) is 34.0 Å². The van der Waals surface area contributed by atoms with E-state index in [1.54, 1.807) is 11.0 Å². The minimum Gasteiger partial charge on any atom is -0.507 e. The Labute approximate surface area is 149 Å². The summed E-state index contributed by atoms with van der Waals surface area (Å²) in [6.45, 7) is 1.11. The van der Waals surface area contributed by atoms with E-state index in [0.29, 0.717) is 19.5 Å². The Balaban J connectivity index is 1.62. The lowest BCUT2D eigenvalue weighted by Crippen LogP contribution is -2.40. The maximum Gasteiger partial charge on any atom is 0.259 e. The quantitative estimate of drug-likeness (QED) is 0.878. The molecular weight excluding hydrogens is 342 g/mol. The number of aromatic nitrogens is 1. The molecular formula is C19H20F2N2O3. The summed E-state index contributed by atoms with van der Waals surface area (Å²) in [4.78, 5) is 27.8. The van der Waals surface area contributed by atoms with E-state index in [-0.39, 0.29) is 23.1 Å². The highest BCUT2D eigenvalue weighted by Gasteiger charge is 2.26. The van der Waals surface area contributed by atoms with Crippen LogP contribution in [0.4, 0.5) is 8.78 Å². The molecule has 0 aliphatic carbocycles. The van der Waals surface area contributed by atoms with Crippen LogP contribution in [0.1, 0.15) is 35.2 Å². The lowest BCUT2D eigenvalue weighted by molar-refractivity contribution is 0.0665. The summed E-state index contributed by atoms with van der Waals surface area (Å²) in [5.74, 6) is -2.12. The molecule has 1 aromatic carbocycles. The normalized spacial score (nSPS) is 17.3. The lowest BCUT2D eigenvalue weighted by Gasteiger charge is -2.33. The zero-order valence-corrected chi connectivity index (χ0v) is 14.2. The molecule has 1 unspecified atom stereocenters. The lowest BCUT2D eigenvalue weighted by atomic mass is 9.91. The summed E-state index contributed by atoms with van der Waals surface area (Å²) in [6, 6.07) is 4.89. The van der Waals surface area contributed by atoms with Crippen molar-refractivity contribution >= 4 is 5.91 Å². The standard InChI is InChI=1S/C19H20F2N2O3/c20-15-6-5-12(8-16(15)21)3-4-13-2-1-7-23(11-13)19(26)14-10-22-18(25)9-17(14)24/h5-6,8-10,13H,1-4,7,11H2,(H2,22,24,25). The van der Waals surface area contributed by atoms with Crippen LogP contribution in [0.2, 0.25) is 0 Å². The minimum absolute atomic E-state index is 0.0749. The number of rotatable bonds is 4. The van der Waals surface area contributed by atoms with E-state index in [4.69, 9.17) is 0 Å². The van der Waals surface area contributed by atoms with Gasteiger partial charge in [-0.25, -0.2) is 8.78 Å². The third-order valence-electron chi connectivity index (χ3n) is 4.76. The molecule has 1 fully saturated rings. The number of aryl methyl sites for hydroxylation is 1. The van der Waals surface area contributed by atoms with Crippen LogP contribution in [0.5, 0.6) is 5.75 Å². The fourth-order valence-corrected chi connectivity index (χ4v) is 3.35. The molecule has 0 saturated carbocycles. The van der Waals surface area contributed by atoms with Gasteiger partial charge in [-0.1, -0.05) is 6.07 Å². The first kappa shape index (κ1) is 18.1. The summed E-state index contributed by atoms with van der Waals surface area (Å²) < 4.78 is 26.3. The summed E-state index contributed by atoms with van der Waals surface area (Å²) in [6.07, 6.45) is 4.37. The summed E-state index contributed by atoms with van der Waals surface area (Å²) >= 11 is 0. The van der Waals surface area contributed by atoms with Gasteiger partial charge in [-0.15, -0.1) is 0 Å². The van der Waals surface area contributed by atoms with Gasteiger partial charge in [0.15, 0.2) is 11.6 Å². The van der Waals surface area contributed by atoms with E-state index in [0.717, 1.165) is 37.0 Å². The molecule has 138 valence electrons. The van der Waals surface area contributed by atoms with Gasteiger partial charge in [-0.3, -0.25) is 9.59 Å². The van der Waals surface area contributed by atoms with Gasteiger partial charge in [-0.2, -0.15) is 0 Å². The van der Waals surface area contributed by atoms with Crippen molar-refractivity contribution in [2.24, 2.45) is 5.92 Å². The van der Waals surface area contributed by atoms with Gasteiger partial charge in [0.25, 0.3) is 11.5 Å². The van der Waals surface area contributed by atoms with Gasteiger partial charge in [-0.05, 0) is 49.3 Å². The highest BCUT2D eigenvalue weighted by Crippen LogP contribution is 2.25. The summed E-state index contributed by atoms with van der Waals surface area (Å²) in [5, 5.41) is 9.83. The zero-order chi connectivity index (χ0) is 18.7. The van der Waals surface area contributed by atoms with Gasteiger partial charge in [0.2, 0.25) is 0 Å². The highest BCUT2D eigenvalue weighted by atomic mass is 19.2. The zero-order valence-electron chi connectivity index (χ0n) is 14.2. The Morgan fingerprint density at radius 1 is 1.27 bits per heavy atom. The first-order valence-corrected chi connectivity index (χ1v) is 8.59. The molecule has 2 N–H and O–H groups in total. The van der Waals surface area contributed by atoms with E-state index in [1.165, 1.54) is 12.3 Å². The molecule has 1 saturated heterocycles. The van der Waals surface area contributed by atoms with E-state index in [9.17, 15) is 23.5 Å². The van der Waals surface area contributed by atoms with Gasteiger partial charge >= 0.3 is 0 Å². The van der Waals surface area contributed by atoms with Crippen molar-refractivity contribution in [3.05, 3.63) is 63.6 Å². The Kier molecular flexibility index (Phi) is 5.35. The number of aromatic amines is 1. The van der Waals surface area contributed by atoms with Gasteiger partial charge < -0.3 is 15.0 Å². The van der Waals surface area contributed by atoms with Crippen LogP contribution < -0.4 is 5.56 Å². The predicted molar refractivity (Wildman–Crippen MR) is 92.0 cm³/mol. The molecule has 26 heavy (non-hydrogen) atoms. The molecule has 7 heteroatoms. The van der Waals surface area contributed by atoms with Crippen LogP contribution >= 0.6 is 0 Å². The van der Waals surface area contributed by atoms with Crippen LogP contribution in [0.25, 0.3) is 0 Å². The molecule has 0 bridgehead atoms. The number of carbonyl (C=O) groups is 1. The van der Waals surface area contributed by atoms with Crippen molar-refractivity contribution in [1.29, 1.82) is 0 Å². The van der Waals surface area contributed by atoms with Crippen molar-refractivity contribution in [2.75, 3.05) is 13.1 Å². The number of halogens is 2. The largest absolute Gasteiger partial charge is 0.507 e. The molecule has 2 aromatic rings. The smallest absolute Gasteiger partial charge is 0.259 e. The van der Waals surface area contributed by atoms with Crippen LogP contribution in [0.15, 0.2) is 35.3 Å². The summed E-state index contributed by atoms with van der Waals surface area (Å²) in [7, 11) is 0. The number of likely N-dealkylation sites (tertiary alicyclic amines) is 1. The highest BCUT2D eigenvalue weighted by molar-refractivity contribution is 5.96. The molecule has 1 amide bonds. The molecule has 1 aliphatic rings. The van der Waals surface area contributed by atoms with Gasteiger partial charge in [0, 0.05) is 25.4 Å². The number of hydrogen-bond donors (Lipinski definition) is 2. The first-order valence-electron chi connectivity index (χ1n) is 8.59. The Morgan fingerprint density at radius 2 is 2.08 bits per heavy atom. The SMILES string of the molecule is O=C(c1c[nH]c(=O)cc1O)N1CCCC(CCc2ccc(F)c(F)c2)C1. The van der Waals surface area contributed by atoms with E-state index >= 15 is 0 Å². The minimum atomic E-state index is -0.858. The maximum absolute atomic E-state index is 13.3. The molecule has 0 spiro atoms. The Hall–Kier alpha value is -2.70. The van der Waals surface area contributed by atoms with Crippen LogP contribution in [-0.2, 0) is 6.42 Å². The molecule has 3 rings (SSSR count). The van der Waals surface area contributed by atoms with Gasteiger partial charge in [0.1, 0.15) is 5.75 Å². The second kappa shape index (κ2) is 7.68. The molecule has 1 aliphatic heterocycles. The van der Waals surface area contributed by atoms with Crippen molar-refractivity contribution in [3.8, 4) is 5.75 Å². The summed E-state index contributed by atoms with van der Waals surface area (Å²) in [5.41, 5.74) is 0.332. The molecule has 1 atom stereocenters. The number of amides is 1. The van der Waals surface area contributed by atoms with Crippen molar-refractivity contribution in [1.82, 2.24) is 9.88 Å². The number of piperidine rings is 1. The molecule has 1 aromatic heterocycles. The molecule has 5 nitrogen and oxygen atoms in total. The molecule has 2 heterocycles. The fraction of sp³-hybridized carbons (Fsp3) is 0.368. The number of benzene rings is 1. The van der Waals surface area contributed by atoms with E-state index in [2.05, 4.69) is 4.98 Å². The van der Waals surface area contributed by atoms with E-state index < -0.39 is 17.2 Å². The van der Waals surface area contributed by atoms with E-state index in [1.807, 2.05) is 0 Å². The predicted octanol–water partition coefficient (Wildman–Crippen LogP) is 2.84. The number of carbonyl (C=O) groups excluding carboxylic acids is 1. The number of H-pyrrole nitrogens is 1. The van der Waals surface area contributed by atoms with Crippen molar-refractivity contribution < 1.29 is 18.7 Å². The number of pyridine rings is 1. The number of nitrogens with zero attached hydrogens (tertiary/aromatic N) is 1. The van der Waals surface area contributed by atoms with Crippen molar-refractivity contribution in [3.63, 3.8) is 0 Å². The van der Waals surface area contributed by atoms with Crippen LogP contribution in [0.3, 0.4) is 0 Å². The van der Waals surface area contributed by atoms with Crippen LogP contribution in [0, 0.1) is 17.6 Å². The maximum atomic E-state index is 13.3. The first-order chi connectivity index (χ1) is 12.4. The van der Waals surface area contributed by atoms with Crippen molar-refractivity contribution in [2.45, 2.75) is 25.7 Å². The van der Waals surface area contributed by atoms with Gasteiger partial charge in [0.05, 0.1) is 5.56 Å². The second-order valence-corrected chi connectivity index (χ2v) is 6.64. The average Bonchev–Trinajstić information content (AvgIpc) is 2.62. The monoisotopic (exact) mass is 362 g/mol. The topological polar surface area (TPSA) is 73.4 Å². The third kappa shape index (κ3) is 4.09. The second-order valence-electron chi connectivity index (χ2n) is 6.64. The average molecular weight is 362 g/mol. The number of hydrogen-bond acceptors (Lipinski definition) is 3. The number of aromatic hydroxyl groups is 1. The molecule has 0 radical (unpaired) electrons. The third-order valence-corrected chi connectivity index (χ3v) is 4.76. The fourth-order valence-electron chi connectivity index (χ4n) is 3.35. The number of nitrogens with one attached hydrogen (secondary N) is 1. The Bertz CT molecular complexity index is 866. The Morgan fingerprint density at radius 3 is 2.81 bits per heavy atom.